The van der Waals surface area contributed by atoms with Crippen LogP contribution in [0, 0.1) is 0 Å². The van der Waals surface area contributed by atoms with Crippen molar-refractivity contribution in [1.29, 1.82) is 0 Å². The zero-order chi connectivity index (χ0) is 14.2. The highest BCUT2D eigenvalue weighted by Gasteiger charge is 2.24. The van der Waals surface area contributed by atoms with Gasteiger partial charge in [-0.15, -0.1) is 0 Å². The molecule has 1 aliphatic rings. The lowest BCUT2D eigenvalue weighted by atomic mass is 10.0. The van der Waals surface area contributed by atoms with E-state index >= 15 is 0 Å². The Labute approximate surface area is 121 Å². The third-order valence-corrected chi connectivity index (χ3v) is 3.86. The minimum Gasteiger partial charge on any atom is -0.507 e. The maximum Gasteiger partial charge on any atom is 0.262 e. The summed E-state index contributed by atoms with van der Waals surface area (Å²) in [6.07, 6.45) is 0.903. The van der Waals surface area contributed by atoms with Gasteiger partial charge in [-0.3, -0.25) is 0 Å². The summed E-state index contributed by atoms with van der Waals surface area (Å²) >= 11 is 0. The first-order valence-electron chi connectivity index (χ1n) is 6.95. The van der Waals surface area contributed by atoms with Crippen molar-refractivity contribution in [1.82, 2.24) is 10.1 Å². The van der Waals surface area contributed by atoms with E-state index in [0.29, 0.717) is 23.9 Å². The number of ether oxygens (including phenoxy) is 1. The number of benzene rings is 2. The van der Waals surface area contributed by atoms with E-state index in [9.17, 15) is 5.11 Å². The molecule has 0 aliphatic carbocycles. The monoisotopic (exact) mass is 282 g/mol. The largest absolute Gasteiger partial charge is 0.507 e. The SMILES string of the molecule is Oc1ccc2ccccc2c1-c1nc([C@H]2CCOC2)no1. The van der Waals surface area contributed by atoms with Crippen LogP contribution < -0.4 is 0 Å². The van der Waals surface area contributed by atoms with E-state index in [1.807, 2.05) is 30.3 Å². The summed E-state index contributed by atoms with van der Waals surface area (Å²) in [5.41, 5.74) is 0.589. The van der Waals surface area contributed by atoms with E-state index in [2.05, 4.69) is 10.1 Å². The zero-order valence-corrected chi connectivity index (χ0v) is 11.3. The lowest BCUT2D eigenvalue weighted by molar-refractivity contribution is 0.192. The Morgan fingerprint density at radius 3 is 2.90 bits per heavy atom. The summed E-state index contributed by atoms with van der Waals surface area (Å²) in [6, 6.07) is 11.3. The van der Waals surface area contributed by atoms with Crippen molar-refractivity contribution in [2.45, 2.75) is 12.3 Å². The predicted molar refractivity (Wildman–Crippen MR) is 77.1 cm³/mol. The molecule has 2 aromatic carbocycles. The molecule has 0 amide bonds. The van der Waals surface area contributed by atoms with Crippen LogP contribution in [0.4, 0.5) is 0 Å². The molecular formula is C16H14N2O3. The van der Waals surface area contributed by atoms with Gasteiger partial charge in [0.2, 0.25) is 0 Å². The molecule has 2 heterocycles. The van der Waals surface area contributed by atoms with Crippen molar-refractivity contribution < 1.29 is 14.4 Å². The second-order valence-corrected chi connectivity index (χ2v) is 5.20. The van der Waals surface area contributed by atoms with E-state index < -0.39 is 0 Å². The van der Waals surface area contributed by atoms with Crippen LogP contribution >= 0.6 is 0 Å². The van der Waals surface area contributed by atoms with Crippen molar-refractivity contribution in [3.05, 3.63) is 42.2 Å². The first-order chi connectivity index (χ1) is 10.3. The second-order valence-electron chi connectivity index (χ2n) is 5.20. The summed E-state index contributed by atoms with van der Waals surface area (Å²) in [4.78, 5) is 4.46. The molecule has 0 saturated carbocycles. The third-order valence-electron chi connectivity index (χ3n) is 3.86. The van der Waals surface area contributed by atoms with Crippen LogP contribution in [-0.2, 0) is 4.74 Å². The molecule has 1 fully saturated rings. The van der Waals surface area contributed by atoms with Gasteiger partial charge in [-0.25, -0.2) is 0 Å². The van der Waals surface area contributed by atoms with Gasteiger partial charge in [0, 0.05) is 12.5 Å². The maximum atomic E-state index is 10.2. The molecule has 1 saturated heterocycles. The molecular weight excluding hydrogens is 268 g/mol. The number of fused-ring (bicyclic) bond motifs is 1. The first-order valence-corrected chi connectivity index (χ1v) is 6.95. The van der Waals surface area contributed by atoms with E-state index in [1.54, 1.807) is 6.07 Å². The quantitative estimate of drug-likeness (QED) is 0.782. The normalized spacial score (nSPS) is 18.4. The van der Waals surface area contributed by atoms with Crippen molar-refractivity contribution in [3.63, 3.8) is 0 Å². The Morgan fingerprint density at radius 2 is 2.05 bits per heavy atom. The van der Waals surface area contributed by atoms with Crippen molar-refractivity contribution in [3.8, 4) is 17.2 Å². The van der Waals surface area contributed by atoms with Crippen LogP contribution in [0.15, 0.2) is 40.9 Å². The summed E-state index contributed by atoms with van der Waals surface area (Å²) in [7, 11) is 0. The van der Waals surface area contributed by atoms with Gasteiger partial charge in [0.25, 0.3) is 5.89 Å². The number of hydrogen-bond acceptors (Lipinski definition) is 5. The van der Waals surface area contributed by atoms with E-state index in [4.69, 9.17) is 9.26 Å². The molecule has 1 aromatic heterocycles. The van der Waals surface area contributed by atoms with E-state index in [-0.39, 0.29) is 11.7 Å². The number of nitrogens with zero attached hydrogens (tertiary/aromatic N) is 2. The standard InChI is InChI=1S/C16H14N2O3/c19-13-6-5-10-3-1-2-4-12(10)14(13)16-17-15(18-21-16)11-7-8-20-9-11/h1-6,11,19H,7-9H2/t11-/m0/s1. The van der Waals surface area contributed by atoms with E-state index in [1.165, 1.54) is 0 Å². The molecule has 1 aliphatic heterocycles. The van der Waals surface area contributed by atoms with Gasteiger partial charge in [0.1, 0.15) is 5.75 Å². The molecule has 3 aromatic rings. The molecule has 0 spiro atoms. The number of phenols is 1. The average Bonchev–Trinajstić information content (AvgIpc) is 3.18. The lowest BCUT2D eigenvalue weighted by Crippen LogP contribution is -1.99. The second kappa shape index (κ2) is 4.86. The fraction of sp³-hybridized carbons (Fsp3) is 0.250. The Hall–Kier alpha value is -2.40. The zero-order valence-electron chi connectivity index (χ0n) is 11.3. The molecule has 1 atom stereocenters. The highest BCUT2D eigenvalue weighted by Crippen LogP contribution is 2.36. The fourth-order valence-corrected chi connectivity index (χ4v) is 2.73. The van der Waals surface area contributed by atoms with E-state index in [0.717, 1.165) is 23.8 Å². The van der Waals surface area contributed by atoms with Gasteiger partial charge in [-0.05, 0) is 23.3 Å². The molecule has 106 valence electrons. The fourth-order valence-electron chi connectivity index (χ4n) is 2.73. The Kier molecular flexibility index (Phi) is 2.86. The van der Waals surface area contributed by atoms with Crippen LogP contribution in [0.1, 0.15) is 18.2 Å². The Morgan fingerprint density at radius 1 is 1.14 bits per heavy atom. The van der Waals surface area contributed by atoms with Crippen LogP contribution in [0.3, 0.4) is 0 Å². The molecule has 5 heteroatoms. The van der Waals surface area contributed by atoms with Crippen molar-refractivity contribution in [2.24, 2.45) is 0 Å². The number of hydrogen-bond donors (Lipinski definition) is 1. The molecule has 0 radical (unpaired) electrons. The maximum absolute atomic E-state index is 10.2. The molecule has 21 heavy (non-hydrogen) atoms. The van der Waals surface area contributed by atoms with Crippen molar-refractivity contribution in [2.75, 3.05) is 13.2 Å². The smallest absolute Gasteiger partial charge is 0.262 e. The van der Waals surface area contributed by atoms with Gasteiger partial charge >= 0.3 is 0 Å². The van der Waals surface area contributed by atoms with Gasteiger partial charge in [0.15, 0.2) is 5.82 Å². The van der Waals surface area contributed by atoms with Crippen LogP contribution in [-0.4, -0.2) is 28.5 Å². The number of aromatic hydroxyl groups is 1. The number of phenolic OH excluding ortho intramolecular Hbond substituents is 1. The van der Waals surface area contributed by atoms with Crippen LogP contribution in [0.25, 0.3) is 22.2 Å². The highest BCUT2D eigenvalue weighted by molar-refractivity contribution is 5.97. The topological polar surface area (TPSA) is 68.4 Å². The molecule has 5 nitrogen and oxygen atoms in total. The summed E-state index contributed by atoms with van der Waals surface area (Å²) in [5, 5.41) is 16.2. The number of rotatable bonds is 2. The molecule has 4 rings (SSSR count). The molecule has 0 bridgehead atoms. The third kappa shape index (κ3) is 2.06. The summed E-state index contributed by atoms with van der Waals surface area (Å²) < 4.78 is 10.7. The minimum atomic E-state index is 0.145. The average molecular weight is 282 g/mol. The van der Waals surface area contributed by atoms with Crippen LogP contribution in [0.2, 0.25) is 0 Å². The number of aromatic nitrogens is 2. The van der Waals surface area contributed by atoms with Crippen LogP contribution in [0.5, 0.6) is 5.75 Å². The summed E-state index contributed by atoms with van der Waals surface area (Å²) in [6.45, 7) is 1.36. The molecule has 0 unspecified atom stereocenters. The summed E-state index contributed by atoms with van der Waals surface area (Å²) in [5.74, 6) is 1.33. The molecule has 1 N–H and O–H groups in total. The highest BCUT2D eigenvalue weighted by atomic mass is 16.5. The van der Waals surface area contributed by atoms with Gasteiger partial charge in [-0.1, -0.05) is 35.5 Å². The Balaban J connectivity index is 1.84. The van der Waals surface area contributed by atoms with Crippen molar-refractivity contribution >= 4 is 10.8 Å². The lowest BCUT2D eigenvalue weighted by Gasteiger charge is -2.04. The van der Waals surface area contributed by atoms with Gasteiger partial charge < -0.3 is 14.4 Å². The van der Waals surface area contributed by atoms with Gasteiger partial charge in [-0.2, -0.15) is 4.98 Å². The Bertz CT molecular complexity index is 791. The first kappa shape index (κ1) is 12.3. The predicted octanol–water partition coefficient (Wildman–Crippen LogP) is 3.10. The van der Waals surface area contributed by atoms with Gasteiger partial charge in [0.05, 0.1) is 12.2 Å². The minimum absolute atomic E-state index is 0.145.